The Balaban J connectivity index is 1.97. The number of aryl methyl sites for hydroxylation is 1. The molecule has 0 aromatic carbocycles. The van der Waals surface area contributed by atoms with Crippen LogP contribution in [0.3, 0.4) is 0 Å². The average Bonchev–Trinajstić information content (AvgIpc) is 2.98. The third-order valence-electron chi connectivity index (χ3n) is 3.98. The van der Waals surface area contributed by atoms with Gasteiger partial charge >= 0.3 is 0 Å². The van der Waals surface area contributed by atoms with Crippen LogP contribution in [0.1, 0.15) is 13.8 Å². The molecule has 0 spiro atoms. The van der Waals surface area contributed by atoms with Crippen LogP contribution >= 0.6 is 0 Å². The maximum absolute atomic E-state index is 12.8. The van der Waals surface area contributed by atoms with Crippen LogP contribution in [0.2, 0.25) is 0 Å². The van der Waals surface area contributed by atoms with Gasteiger partial charge < -0.3 is 14.7 Å². The number of aromatic nitrogens is 3. The summed E-state index contributed by atoms with van der Waals surface area (Å²) in [6, 6.07) is 1.91. The summed E-state index contributed by atoms with van der Waals surface area (Å²) in [7, 11) is 1.89. The lowest BCUT2D eigenvalue weighted by atomic mass is 10.1. The van der Waals surface area contributed by atoms with E-state index in [1.54, 1.807) is 9.25 Å². The molecule has 1 fully saturated rings. The van der Waals surface area contributed by atoms with Crippen LogP contribution in [0, 0.1) is 5.92 Å². The summed E-state index contributed by atoms with van der Waals surface area (Å²) in [4.78, 5) is 12.8. The molecule has 1 N–H and O–H groups in total. The first-order valence-corrected chi connectivity index (χ1v) is 8.36. The van der Waals surface area contributed by atoms with Gasteiger partial charge in [0, 0.05) is 50.2 Å². The minimum Gasteiger partial charge on any atom is -0.379 e. The molecule has 3 heterocycles. The van der Waals surface area contributed by atoms with Crippen LogP contribution in [0.15, 0.2) is 29.5 Å². The number of hydrogen-bond donors (Lipinski definition) is 1. The van der Waals surface area contributed by atoms with E-state index in [0.29, 0.717) is 31.4 Å². The highest BCUT2D eigenvalue weighted by molar-refractivity contribution is 5.65. The fourth-order valence-corrected chi connectivity index (χ4v) is 2.82. The van der Waals surface area contributed by atoms with Gasteiger partial charge in [-0.25, -0.2) is 5.01 Å². The molecule has 0 aliphatic carbocycles. The second kappa shape index (κ2) is 7.19. The molecule has 0 amide bonds. The van der Waals surface area contributed by atoms with Crippen LogP contribution in [0.5, 0.6) is 0 Å². The summed E-state index contributed by atoms with van der Waals surface area (Å²) in [6.07, 6.45) is 5.69. The summed E-state index contributed by atoms with van der Waals surface area (Å²) in [5.74, 6) is 0.392. The highest BCUT2D eigenvalue weighted by Gasteiger charge is 2.15. The highest BCUT2D eigenvalue weighted by Crippen LogP contribution is 2.20. The van der Waals surface area contributed by atoms with E-state index in [9.17, 15) is 4.79 Å². The minimum absolute atomic E-state index is 0.00262. The Hall–Kier alpha value is -2.12. The molecule has 7 heteroatoms. The standard InChI is InChI=1S/C17H25N5O2/c1-13(2)10-21-12-14(15-9-18-20(3)11-15)8-16(17(21)23)19-22-4-6-24-7-5-22/h8-9,11-13,19H,4-7,10H2,1-3H3. The molecule has 0 atom stereocenters. The van der Waals surface area contributed by atoms with Gasteiger partial charge in [-0.3, -0.25) is 9.48 Å². The van der Waals surface area contributed by atoms with Crippen LogP contribution in [-0.2, 0) is 18.3 Å². The zero-order chi connectivity index (χ0) is 17.1. The summed E-state index contributed by atoms with van der Waals surface area (Å²) >= 11 is 0. The molecular weight excluding hydrogens is 306 g/mol. The van der Waals surface area contributed by atoms with Gasteiger partial charge in [0.15, 0.2) is 0 Å². The molecule has 0 unspecified atom stereocenters. The van der Waals surface area contributed by atoms with Crippen LogP contribution < -0.4 is 11.0 Å². The van der Waals surface area contributed by atoms with Crippen molar-refractivity contribution in [2.24, 2.45) is 13.0 Å². The molecule has 7 nitrogen and oxygen atoms in total. The zero-order valence-corrected chi connectivity index (χ0v) is 14.5. The number of nitrogens with one attached hydrogen (secondary N) is 1. The van der Waals surface area contributed by atoms with Crippen LogP contribution in [-0.4, -0.2) is 45.7 Å². The lowest BCUT2D eigenvalue weighted by Gasteiger charge is -2.28. The zero-order valence-electron chi connectivity index (χ0n) is 14.5. The van der Waals surface area contributed by atoms with Gasteiger partial charge in [-0.05, 0) is 12.0 Å². The summed E-state index contributed by atoms with van der Waals surface area (Å²) in [6.45, 7) is 7.79. The number of pyridine rings is 1. The molecule has 0 radical (unpaired) electrons. The van der Waals surface area contributed by atoms with Crippen molar-refractivity contribution in [2.45, 2.75) is 20.4 Å². The Labute approximate surface area is 141 Å². The van der Waals surface area contributed by atoms with Crippen molar-refractivity contribution in [1.82, 2.24) is 19.4 Å². The van der Waals surface area contributed by atoms with Gasteiger partial charge in [-0.2, -0.15) is 5.10 Å². The minimum atomic E-state index is 0.00262. The predicted molar refractivity (Wildman–Crippen MR) is 93.8 cm³/mol. The Bertz CT molecular complexity index is 744. The van der Waals surface area contributed by atoms with E-state index in [4.69, 9.17) is 4.74 Å². The van der Waals surface area contributed by atoms with Crippen LogP contribution in [0.25, 0.3) is 11.1 Å². The third kappa shape index (κ3) is 3.85. The summed E-state index contributed by atoms with van der Waals surface area (Å²) < 4.78 is 8.92. The SMILES string of the molecule is CC(C)Cn1cc(-c2cnn(C)c2)cc(NN2CCOCC2)c1=O. The molecule has 0 bridgehead atoms. The van der Waals surface area contributed by atoms with Gasteiger partial charge in [-0.1, -0.05) is 13.8 Å². The molecule has 2 aromatic rings. The second-order valence-corrected chi connectivity index (χ2v) is 6.61. The second-order valence-electron chi connectivity index (χ2n) is 6.61. The Morgan fingerprint density at radius 1 is 1.25 bits per heavy atom. The number of nitrogens with zero attached hydrogens (tertiary/aromatic N) is 4. The van der Waals surface area contributed by atoms with E-state index < -0.39 is 0 Å². The Kier molecular flexibility index (Phi) is 5.01. The molecule has 0 saturated carbocycles. The molecule has 1 aliphatic heterocycles. The summed E-state index contributed by atoms with van der Waals surface area (Å²) in [5.41, 5.74) is 5.86. The number of rotatable bonds is 5. The van der Waals surface area contributed by atoms with Gasteiger partial charge in [0.1, 0.15) is 5.69 Å². The molecule has 130 valence electrons. The Morgan fingerprint density at radius 2 is 2.00 bits per heavy atom. The van der Waals surface area contributed by atoms with Gasteiger partial charge in [0.2, 0.25) is 0 Å². The van der Waals surface area contributed by atoms with Crippen molar-refractivity contribution in [2.75, 3.05) is 31.7 Å². The van der Waals surface area contributed by atoms with Crippen molar-refractivity contribution in [3.05, 3.63) is 35.0 Å². The van der Waals surface area contributed by atoms with Crippen molar-refractivity contribution < 1.29 is 4.74 Å². The molecule has 3 rings (SSSR count). The first kappa shape index (κ1) is 16.7. The smallest absolute Gasteiger partial charge is 0.275 e. The number of hydrazine groups is 1. The normalized spacial score (nSPS) is 15.8. The van der Waals surface area contributed by atoms with E-state index in [1.807, 2.05) is 36.7 Å². The highest BCUT2D eigenvalue weighted by atomic mass is 16.5. The van der Waals surface area contributed by atoms with Crippen molar-refractivity contribution in [1.29, 1.82) is 0 Å². The van der Waals surface area contributed by atoms with Crippen molar-refractivity contribution >= 4 is 5.69 Å². The first-order chi connectivity index (χ1) is 11.5. The lowest BCUT2D eigenvalue weighted by molar-refractivity contribution is 0.0496. The van der Waals surface area contributed by atoms with Crippen molar-refractivity contribution in [3.8, 4) is 11.1 Å². The maximum atomic E-state index is 12.8. The molecule has 1 saturated heterocycles. The van der Waals surface area contributed by atoms with E-state index in [2.05, 4.69) is 24.4 Å². The van der Waals surface area contributed by atoms with Crippen molar-refractivity contribution in [3.63, 3.8) is 0 Å². The molecule has 2 aromatic heterocycles. The fourth-order valence-electron chi connectivity index (χ4n) is 2.82. The fraction of sp³-hybridized carbons (Fsp3) is 0.529. The molecular formula is C17H25N5O2. The van der Waals surface area contributed by atoms with Gasteiger partial charge in [0.25, 0.3) is 5.56 Å². The number of morpholine rings is 1. The number of ether oxygens (including phenoxy) is 1. The largest absolute Gasteiger partial charge is 0.379 e. The monoisotopic (exact) mass is 331 g/mol. The Morgan fingerprint density at radius 3 is 2.62 bits per heavy atom. The van der Waals surface area contributed by atoms with E-state index in [1.165, 1.54) is 0 Å². The van der Waals surface area contributed by atoms with Gasteiger partial charge in [0.05, 0.1) is 19.4 Å². The lowest BCUT2D eigenvalue weighted by Crippen LogP contribution is -2.42. The molecule has 1 aliphatic rings. The van der Waals surface area contributed by atoms with Crippen LogP contribution in [0.4, 0.5) is 5.69 Å². The topological polar surface area (TPSA) is 64.3 Å². The third-order valence-corrected chi connectivity index (χ3v) is 3.98. The number of anilines is 1. The first-order valence-electron chi connectivity index (χ1n) is 8.36. The molecule has 24 heavy (non-hydrogen) atoms. The van der Waals surface area contributed by atoms with E-state index in [0.717, 1.165) is 24.2 Å². The maximum Gasteiger partial charge on any atom is 0.275 e. The average molecular weight is 331 g/mol. The predicted octanol–water partition coefficient (Wildman–Crippen LogP) is 1.56. The van der Waals surface area contributed by atoms with Gasteiger partial charge in [-0.15, -0.1) is 0 Å². The summed E-state index contributed by atoms with van der Waals surface area (Å²) in [5, 5.41) is 6.27. The number of hydrogen-bond acceptors (Lipinski definition) is 5. The van der Waals surface area contributed by atoms with E-state index >= 15 is 0 Å². The quantitative estimate of drug-likeness (QED) is 0.901. The van der Waals surface area contributed by atoms with E-state index in [-0.39, 0.29) is 5.56 Å².